The first kappa shape index (κ1) is 19.9. The Morgan fingerprint density at radius 2 is 1.76 bits per heavy atom. The molecule has 5 aromatic rings. The van der Waals surface area contributed by atoms with Gasteiger partial charge in [-0.25, -0.2) is 0 Å². The van der Waals surface area contributed by atoms with Crippen molar-refractivity contribution in [3.05, 3.63) is 101 Å². The zero-order chi connectivity index (χ0) is 22.8. The third-order valence-corrected chi connectivity index (χ3v) is 4.92. The predicted molar refractivity (Wildman–Crippen MR) is 120 cm³/mol. The summed E-state index contributed by atoms with van der Waals surface area (Å²) in [4.78, 5) is 27.6. The van der Waals surface area contributed by atoms with E-state index in [0.717, 1.165) is 5.56 Å². The van der Waals surface area contributed by atoms with Gasteiger partial charge in [-0.1, -0.05) is 30.3 Å². The van der Waals surface area contributed by atoms with Crippen molar-refractivity contribution in [2.24, 2.45) is 0 Å². The largest absolute Gasteiger partial charge is 0.322 e. The molecule has 10 nitrogen and oxygen atoms in total. The summed E-state index contributed by atoms with van der Waals surface area (Å²) in [6, 6.07) is 21.9. The highest BCUT2D eigenvalue weighted by molar-refractivity contribution is 6.07. The highest BCUT2D eigenvalue weighted by Crippen LogP contribution is 2.24. The summed E-state index contributed by atoms with van der Waals surface area (Å²) in [7, 11) is 0. The van der Waals surface area contributed by atoms with Gasteiger partial charge in [-0.2, -0.15) is 9.61 Å². The molecule has 0 saturated heterocycles. The maximum absolute atomic E-state index is 12.7. The lowest BCUT2D eigenvalue weighted by Gasteiger charge is -2.08. The molecule has 0 atom stereocenters. The topological polar surface area (TPSA) is 128 Å². The standard InChI is InChI=1S/C23H15N7O3/c31-23(17-8-1-2-10-20(17)30(32)33)25-16-7-5-6-15(14-16)18-11-12-21-26-27-22(29(21)28-18)19-9-3-4-13-24-19/h1-14H,(H,25,31). The quantitative estimate of drug-likeness (QED) is 0.325. The Labute approximate surface area is 186 Å². The van der Waals surface area contributed by atoms with Gasteiger partial charge in [-0.05, 0) is 42.5 Å². The monoisotopic (exact) mass is 437 g/mol. The summed E-state index contributed by atoms with van der Waals surface area (Å²) in [6.07, 6.45) is 1.67. The molecule has 160 valence electrons. The average Bonchev–Trinajstić information content (AvgIpc) is 3.28. The molecule has 0 aliphatic carbocycles. The zero-order valence-electron chi connectivity index (χ0n) is 17.0. The predicted octanol–water partition coefficient (Wildman–Crippen LogP) is 4.01. The summed E-state index contributed by atoms with van der Waals surface area (Å²) < 4.78 is 1.61. The van der Waals surface area contributed by atoms with Crippen LogP contribution < -0.4 is 5.32 Å². The molecule has 1 N–H and O–H groups in total. The summed E-state index contributed by atoms with van der Waals surface area (Å²) >= 11 is 0. The fourth-order valence-electron chi connectivity index (χ4n) is 3.38. The van der Waals surface area contributed by atoms with Crippen LogP contribution in [0.1, 0.15) is 10.4 Å². The van der Waals surface area contributed by atoms with Crippen LogP contribution in [0.5, 0.6) is 0 Å². The normalized spacial score (nSPS) is 10.8. The van der Waals surface area contributed by atoms with E-state index in [1.54, 1.807) is 47.1 Å². The first-order valence-corrected chi connectivity index (χ1v) is 9.89. The van der Waals surface area contributed by atoms with Crippen molar-refractivity contribution < 1.29 is 9.72 Å². The zero-order valence-corrected chi connectivity index (χ0v) is 17.0. The molecule has 0 aliphatic heterocycles. The maximum Gasteiger partial charge on any atom is 0.282 e. The van der Waals surface area contributed by atoms with E-state index in [-0.39, 0.29) is 11.3 Å². The Hall–Kier alpha value is -4.99. The molecule has 3 aromatic heterocycles. The summed E-state index contributed by atoms with van der Waals surface area (Å²) in [6.45, 7) is 0. The van der Waals surface area contributed by atoms with Crippen LogP contribution in [-0.4, -0.2) is 35.6 Å². The van der Waals surface area contributed by atoms with Gasteiger partial charge in [0.05, 0.1) is 10.6 Å². The highest BCUT2D eigenvalue weighted by Gasteiger charge is 2.19. The fraction of sp³-hybridized carbons (Fsp3) is 0. The van der Waals surface area contributed by atoms with E-state index in [1.807, 2.05) is 24.3 Å². The lowest BCUT2D eigenvalue weighted by Crippen LogP contribution is -2.13. The third-order valence-electron chi connectivity index (χ3n) is 4.92. The van der Waals surface area contributed by atoms with Gasteiger partial charge in [0.25, 0.3) is 11.6 Å². The number of rotatable bonds is 5. The molecular weight excluding hydrogens is 422 g/mol. The number of anilines is 1. The molecule has 0 bridgehead atoms. The molecule has 5 rings (SSSR count). The van der Waals surface area contributed by atoms with Crippen LogP contribution in [0.25, 0.3) is 28.4 Å². The third kappa shape index (κ3) is 3.88. The fourth-order valence-corrected chi connectivity index (χ4v) is 3.38. The lowest BCUT2D eigenvalue weighted by molar-refractivity contribution is -0.385. The number of amides is 1. The van der Waals surface area contributed by atoms with E-state index < -0.39 is 10.8 Å². The van der Waals surface area contributed by atoms with Gasteiger partial charge in [0.2, 0.25) is 5.82 Å². The minimum atomic E-state index is -0.581. The van der Waals surface area contributed by atoms with Gasteiger partial charge in [0.1, 0.15) is 11.3 Å². The molecule has 0 fully saturated rings. The molecule has 10 heteroatoms. The van der Waals surface area contributed by atoms with Crippen LogP contribution in [0.4, 0.5) is 11.4 Å². The molecular formula is C23H15N7O3. The van der Waals surface area contributed by atoms with Crippen molar-refractivity contribution >= 4 is 22.9 Å². The molecule has 0 unspecified atom stereocenters. The van der Waals surface area contributed by atoms with E-state index in [2.05, 4.69) is 25.6 Å². The van der Waals surface area contributed by atoms with Crippen LogP contribution in [0.15, 0.2) is 85.1 Å². The number of nitrogens with zero attached hydrogens (tertiary/aromatic N) is 6. The molecule has 0 aliphatic rings. The number of para-hydroxylation sites is 1. The number of nitro groups is 1. The SMILES string of the molecule is O=C(Nc1cccc(-c2ccc3nnc(-c4ccccn4)n3n2)c1)c1ccccc1[N+](=O)[O-]. The number of fused-ring (bicyclic) bond motifs is 1. The Morgan fingerprint density at radius 3 is 2.58 bits per heavy atom. The van der Waals surface area contributed by atoms with Crippen molar-refractivity contribution in [3.63, 3.8) is 0 Å². The van der Waals surface area contributed by atoms with Crippen LogP contribution in [0, 0.1) is 10.1 Å². The Kier molecular flexibility index (Phi) is 5.00. The second-order valence-corrected chi connectivity index (χ2v) is 7.04. The van der Waals surface area contributed by atoms with E-state index in [0.29, 0.717) is 28.5 Å². The second kappa shape index (κ2) is 8.27. The number of benzene rings is 2. The van der Waals surface area contributed by atoms with Crippen molar-refractivity contribution in [1.82, 2.24) is 24.8 Å². The number of hydrogen-bond donors (Lipinski definition) is 1. The van der Waals surface area contributed by atoms with Gasteiger partial charge >= 0.3 is 0 Å². The molecule has 0 radical (unpaired) electrons. The number of carbonyl (C=O) groups excluding carboxylic acids is 1. The smallest absolute Gasteiger partial charge is 0.282 e. The number of pyridine rings is 1. The summed E-state index contributed by atoms with van der Waals surface area (Å²) in [5.74, 6) is -0.0626. The van der Waals surface area contributed by atoms with E-state index in [9.17, 15) is 14.9 Å². The number of nitro benzene ring substituents is 1. The number of hydrogen-bond acceptors (Lipinski definition) is 7. The van der Waals surface area contributed by atoms with Crippen molar-refractivity contribution in [2.75, 3.05) is 5.32 Å². The first-order chi connectivity index (χ1) is 16.1. The molecule has 0 spiro atoms. The minimum absolute atomic E-state index is 0.0167. The van der Waals surface area contributed by atoms with Crippen molar-refractivity contribution in [1.29, 1.82) is 0 Å². The van der Waals surface area contributed by atoms with Crippen LogP contribution in [0.3, 0.4) is 0 Å². The van der Waals surface area contributed by atoms with Gasteiger partial charge in [0.15, 0.2) is 5.65 Å². The van der Waals surface area contributed by atoms with E-state index in [1.165, 1.54) is 18.2 Å². The molecule has 3 heterocycles. The van der Waals surface area contributed by atoms with Crippen LogP contribution in [0.2, 0.25) is 0 Å². The summed E-state index contributed by atoms with van der Waals surface area (Å²) in [5, 5.41) is 26.9. The average molecular weight is 437 g/mol. The van der Waals surface area contributed by atoms with Gasteiger partial charge in [-0.3, -0.25) is 19.9 Å². The molecule has 33 heavy (non-hydrogen) atoms. The highest BCUT2D eigenvalue weighted by atomic mass is 16.6. The molecule has 2 aromatic carbocycles. The molecule has 0 saturated carbocycles. The Balaban J connectivity index is 1.47. The number of nitrogens with one attached hydrogen (secondary N) is 1. The Morgan fingerprint density at radius 1 is 0.909 bits per heavy atom. The van der Waals surface area contributed by atoms with Crippen LogP contribution in [-0.2, 0) is 0 Å². The van der Waals surface area contributed by atoms with Crippen molar-refractivity contribution in [3.8, 4) is 22.8 Å². The number of aromatic nitrogens is 5. The van der Waals surface area contributed by atoms with E-state index >= 15 is 0 Å². The van der Waals surface area contributed by atoms with Gasteiger partial charge in [0, 0.05) is 23.5 Å². The molecule has 1 amide bonds. The van der Waals surface area contributed by atoms with E-state index in [4.69, 9.17) is 0 Å². The van der Waals surface area contributed by atoms with Gasteiger partial charge < -0.3 is 5.32 Å². The van der Waals surface area contributed by atoms with Crippen molar-refractivity contribution in [2.45, 2.75) is 0 Å². The summed E-state index contributed by atoms with van der Waals surface area (Å²) in [5.41, 5.74) is 2.77. The van der Waals surface area contributed by atoms with Gasteiger partial charge in [-0.15, -0.1) is 10.2 Å². The Bertz CT molecular complexity index is 1500. The lowest BCUT2D eigenvalue weighted by atomic mass is 10.1. The first-order valence-electron chi connectivity index (χ1n) is 9.89. The number of carbonyl (C=O) groups is 1. The maximum atomic E-state index is 12.7. The second-order valence-electron chi connectivity index (χ2n) is 7.04. The minimum Gasteiger partial charge on any atom is -0.322 e. The van der Waals surface area contributed by atoms with Crippen LogP contribution >= 0.6 is 0 Å².